The number of aromatic nitrogens is 1. The zero-order valence-corrected chi connectivity index (χ0v) is 21.4. The van der Waals surface area contributed by atoms with Gasteiger partial charge in [0.05, 0.1) is 22.2 Å². The number of hydrogen-bond acceptors (Lipinski definition) is 5. The van der Waals surface area contributed by atoms with Crippen molar-refractivity contribution in [3.05, 3.63) is 109 Å². The number of para-hydroxylation sites is 1. The fourth-order valence-corrected chi connectivity index (χ4v) is 5.17. The monoisotopic (exact) mass is 599 g/mol. The Morgan fingerprint density at radius 1 is 1.15 bits per heavy atom. The number of ether oxygens (including phenoxy) is 1. The van der Waals surface area contributed by atoms with E-state index in [1.165, 1.54) is 0 Å². The number of nitrogens with zero attached hydrogens (tertiary/aromatic N) is 2. The standard InChI is InChI=1S/C25H16Br2ClN3O3/c26-15-9-20(27)24(29-11-15)31-13-19-22(34-21-7-2-1-6-18(21)23(19)32)10-17(31)12-30-25(33)14-4-3-5-16(28)8-14/h1-11,13,22H,12H2,(H,30,33). The van der Waals surface area contributed by atoms with Gasteiger partial charge in [0.15, 0.2) is 11.6 Å². The van der Waals surface area contributed by atoms with Gasteiger partial charge in [-0.15, -0.1) is 0 Å². The molecule has 0 spiro atoms. The maximum atomic E-state index is 13.2. The van der Waals surface area contributed by atoms with Gasteiger partial charge in [-0.1, -0.05) is 29.8 Å². The second-order valence-electron chi connectivity index (χ2n) is 7.63. The van der Waals surface area contributed by atoms with E-state index in [1.807, 2.05) is 18.2 Å². The van der Waals surface area contributed by atoms with Gasteiger partial charge < -0.3 is 15.0 Å². The summed E-state index contributed by atoms with van der Waals surface area (Å²) < 4.78 is 7.63. The molecule has 2 aliphatic rings. The molecule has 0 aliphatic carbocycles. The van der Waals surface area contributed by atoms with Crippen LogP contribution in [-0.4, -0.2) is 29.3 Å². The molecule has 2 aromatic carbocycles. The minimum absolute atomic E-state index is 0.108. The van der Waals surface area contributed by atoms with E-state index >= 15 is 0 Å². The first-order chi connectivity index (χ1) is 16.4. The van der Waals surface area contributed by atoms with Crippen molar-refractivity contribution in [1.29, 1.82) is 0 Å². The van der Waals surface area contributed by atoms with Crippen LogP contribution in [0.2, 0.25) is 5.02 Å². The maximum absolute atomic E-state index is 13.2. The molecule has 34 heavy (non-hydrogen) atoms. The number of pyridine rings is 1. The van der Waals surface area contributed by atoms with Gasteiger partial charge >= 0.3 is 0 Å². The first-order valence-corrected chi connectivity index (χ1v) is 12.2. The predicted octanol–water partition coefficient (Wildman–Crippen LogP) is 5.92. The SMILES string of the molecule is O=C(NCC1=CC2Oc3ccccc3C(=O)C2=CN1c1ncc(Br)cc1Br)c1cccc(Cl)c1. The molecule has 170 valence electrons. The van der Waals surface area contributed by atoms with E-state index in [-0.39, 0.29) is 18.2 Å². The molecule has 2 aliphatic heterocycles. The third-order valence-electron chi connectivity index (χ3n) is 5.41. The number of amides is 1. The van der Waals surface area contributed by atoms with Crippen LogP contribution in [0.1, 0.15) is 20.7 Å². The van der Waals surface area contributed by atoms with Crippen molar-refractivity contribution in [2.24, 2.45) is 0 Å². The molecule has 0 bridgehead atoms. The van der Waals surface area contributed by atoms with Crippen LogP contribution in [0, 0.1) is 0 Å². The number of fused-ring (bicyclic) bond motifs is 2. The third kappa shape index (κ3) is 4.41. The Labute approximate surface area is 217 Å². The number of Topliss-reactive ketones (excluding diaryl/α,β-unsaturated/α-hetero) is 1. The van der Waals surface area contributed by atoms with E-state index < -0.39 is 6.10 Å². The van der Waals surface area contributed by atoms with E-state index in [0.717, 1.165) is 4.47 Å². The molecule has 3 heterocycles. The Kier molecular flexibility index (Phi) is 6.29. The van der Waals surface area contributed by atoms with Gasteiger partial charge in [-0.3, -0.25) is 9.59 Å². The summed E-state index contributed by atoms with van der Waals surface area (Å²) >= 11 is 13.0. The number of halogens is 3. The molecule has 1 amide bonds. The van der Waals surface area contributed by atoms with Crippen molar-refractivity contribution in [1.82, 2.24) is 10.3 Å². The number of anilines is 1. The molecule has 0 saturated carbocycles. The van der Waals surface area contributed by atoms with E-state index in [2.05, 4.69) is 42.2 Å². The van der Waals surface area contributed by atoms with Crippen molar-refractivity contribution in [2.45, 2.75) is 6.10 Å². The van der Waals surface area contributed by atoms with Crippen molar-refractivity contribution >= 4 is 61.0 Å². The summed E-state index contributed by atoms with van der Waals surface area (Å²) in [5.74, 6) is 0.726. The van der Waals surface area contributed by atoms with Crippen LogP contribution in [0.5, 0.6) is 5.75 Å². The number of ketones is 1. The van der Waals surface area contributed by atoms with Crippen LogP contribution in [0.3, 0.4) is 0 Å². The Morgan fingerprint density at radius 2 is 1.97 bits per heavy atom. The molecular formula is C25H16Br2ClN3O3. The van der Waals surface area contributed by atoms with Crippen LogP contribution >= 0.6 is 43.5 Å². The van der Waals surface area contributed by atoms with Crippen molar-refractivity contribution in [2.75, 3.05) is 11.4 Å². The quantitative estimate of drug-likeness (QED) is 0.402. The Morgan fingerprint density at radius 3 is 2.76 bits per heavy atom. The van der Waals surface area contributed by atoms with Crippen LogP contribution in [-0.2, 0) is 0 Å². The number of benzene rings is 2. The summed E-state index contributed by atoms with van der Waals surface area (Å²) in [6, 6.07) is 15.8. The second-order valence-corrected chi connectivity index (χ2v) is 9.83. The number of carbonyl (C=O) groups is 2. The number of hydrogen-bond donors (Lipinski definition) is 1. The Bertz CT molecular complexity index is 1390. The highest BCUT2D eigenvalue weighted by Crippen LogP contribution is 2.37. The Hall–Kier alpha value is -2.94. The fourth-order valence-electron chi connectivity index (χ4n) is 3.80. The summed E-state index contributed by atoms with van der Waals surface area (Å²) in [7, 11) is 0. The molecule has 1 aromatic heterocycles. The van der Waals surface area contributed by atoms with E-state index in [0.29, 0.717) is 43.5 Å². The maximum Gasteiger partial charge on any atom is 0.251 e. The number of nitrogens with one attached hydrogen (secondary N) is 1. The van der Waals surface area contributed by atoms with E-state index in [9.17, 15) is 9.59 Å². The van der Waals surface area contributed by atoms with E-state index in [1.54, 1.807) is 59.8 Å². The van der Waals surface area contributed by atoms with Gasteiger partial charge in [0, 0.05) is 33.2 Å². The van der Waals surface area contributed by atoms with Crippen molar-refractivity contribution in [3.8, 4) is 5.75 Å². The highest BCUT2D eigenvalue weighted by Gasteiger charge is 2.35. The number of carbonyl (C=O) groups excluding carboxylic acids is 2. The zero-order valence-electron chi connectivity index (χ0n) is 17.5. The molecule has 3 aromatic rings. The van der Waals surface area contributed by atoms with Gasteiger partial charge in [-0.25, -0.2) is 4.98 Å². The lowest BCUT2D eigenvalue weighted by Crippen LogP contribution is -2.39. The average Bonchev–Trinajstić information content (AvgIpc) is 2.82. The molecular weight excluding hydrogens is 586 g/mol. The molecule has 0 radical (unpaired) electrons. The second kappa shape index (κ2) is 9.37. The topological polar surface area (TPSA) is 71.5 Å². The molecule has 0 fully saturated rings. The van der Waals surface area contributed by atoms with Crippen molar-refractivity contribution in [3.63, 3.8) is 0 Å². The predicted molar refractivity (Wildman–Crippen MR) is 137 cm³/mol. The lowest BCUT2D eigenvalue weighted by Gasteiger charge is -2.34. The summed E-state index contributed by atoms with van der Waals surface area (Å²) in [4.78, 5) is 32.3. The molecule has 9 heteroatoms. The summed E-state index contributed by atoms with van der Waals surface area (Å²) in [6.45, 7) is 0.176. The molecule has 6 nitrogen and oxygen atoms in total. The van der Waals surface area contributed by atoms with Crippen LogP contribution in [0.4, 0.5) is 5.82 Å². The zero-order chi connectivity index (χ0) is 23.8. The highest BCUT2D eigenvalue weighted by molar-refractivity contribution is 9.11. The van der Waals surface area contributed by atoms with Gasteiger partial charge in [0.2, 0.25) is 0 Å². The summed E-state index contributed by atoms with van der Waals surface area (Å²) in [5.41, 5.74) is 2.15. The van der Waals surface area contributed by atoms with E-state index in [4.69, 9.17) is 16.3 Å². The minimum Gasteiger partial charge on any atom is -0.481 e. The third-order valence-corrected chi connectivity index (χ3v) is 6.66. The first-order valence-electron chi connectivity index (χ1n) is 10.3. The van der Waals surface area contributed by atoms with Crippen molar-refractivity contribution < 1.29 is 14.3 Å². The fraction of sp³-hybridized carbons (Fsp3) is 0.0800. The van der Waals surface area contributed by atoms with Gasteiger partial charge in [-0.05, 0) is 74.3 Å². The highest BCUT2D eigenvalue weighted by atomic mass is 79.9. The minimum atomic E-state index is -0.578. The van der Waals surface area contributed by atoms with Crippen LogP contribution in [0.15, 0.2) is 93.3 Å². The molecule has 0 saturated heterocycles. The van der Waals surface area contributed by atoms with Gasteiger partial charge in [0.1, 0.15) is 11.9 Å². The first kappa shape index (κ1) is 22.8. The summed E-state index contributed by atoms with van der Waals surface area (Å²) in [5, 5.41) is 3.40. The summed E-state index contributed by atoms with van der Waals surface area (Å²) in [6.07, 6.45) is 4.65. The molecule has 5 rings (SSSR count). The molecule has 1 unspecified atom stereocenters. The smallest absolute Gasteiger partial charge is 0.251 e. The Balaban J connectivity index is 1.50. The lowest BCUT2D eigenvalue weighted by molar-refractivity contribution is 0.0950. The van der Waals surface area contributed by atoms with Crippen LogP contribution < -0.4 is 15.0 Å². The van der Waals surface area contributed by atoms with Gasteiger partial charge in [0.25, 0.3) is 5.91 Å². The largest absolute Gasteiger partial charge is 0.481 e. The average molecular weight is 602 g/mol. The van der Waals surface area contributed by atoms with Crippen LogP contribution in [0.25, 0.3) is 0 Å². The molecule has 1 atom stereocenters. The molecule has 1 N–H and O–H groups in total. The van der Waals surface area contributed by atoms with Gasteiger partial charge in [-0.2, -0.15) is 0 Å². The normalized spacial score (nSPS) is 16.6. The lowest BCUT2D eigenvalue weighted by atomic mass is 9.93. The number of rotatable bonds is 4.